The van der Waals surface area contributed by atoms with Gasteiger partial charge in [0.1, 0.15) is 12.4 Å². The maximum absolute atomic E-state index is 11.7. The first-order valence-corrected chi connectivity index (χ1v) is 10.2. The number of carbonyl (C=O) groups excluding carboxylic acids is 1. The van der Waals surface area contributed by atoms with Gasteiger partial charge in [0.2, 0.25) is 0 Å². The van der Waals surface area contributed by atoms with Crippen LogP contribution in [0.1, 0.15) is 24.9 Å². The standard InChI is InChI=1S/C20H26ClN7O2/c1-4-8-23-20(29)24-10-9-22-18-17-13(2)27-28(15-7-5-6-14(21)11-15)19(17)26-16(25-18)12-30-3/h5-7,11H,4,8-10,12H2,1-3H3,(H,22,25,26)(H2,23,24,29). The van der Waals surface area contributed by atoms with Crippen molar-refractivity contribution in [1.29, 1.82) is 0 Å². The van der Waals surface area contributed by atoms with Gasteiger partial charge in [-0.15, -0.1) is 0 Å². The number of ether oxygens (including phenoxy) is 1. The van der Waals surface area contributed by atoms with Crippen LogP contribution in [-0.4, -0.2) is 52.5 Å². The van der Waals surface area contributed by atoms with Gasteiger partial charge in [-0.25, -0.2) is 19.4 Å². The molecule has 3 rings (SSSR count). The van der Waals surface area contributed by atoms with Crippen LogP contribution in [0.4, 0.5) is 10.6 Å². The number of urea groups is 1. The van der Waals surface area contributed by atoms with E-state index in [0.717, 1.165) is 23.2 Å². The monoisotopic (exact) mass is 431 g/mol. The van der Waals surface area contributed by atoms with Crippen LogP contribution < -0.4 is 16.0 Å². The summed E-state index contributed by atoms with van der Waals surface area (Å²) in [6.07, 6.45) is 0.892. The van der Waals surface area contributed by atoms with Crippen molar-refractivity contribution in [2.75, 3.05) is 32.1 Å². The minimum absolute atomic E-state index is 0.184. The Bertz CT molecular complexity index is 1020. The number of rotatable bonds is 9. The average molecular weight is 432 g/mol. The molecule has 0 bridgehead atoms. The number of aryl methyl sites for hydroxylation is 1. The Morgan fingerprint density at radius 1 is 1.20 bits per heavy atom. The second-order valence-corrected chi connectivity index (χ2v) is 7.14. The molecule has 0 aliphatic heterocycles. The second-order valence-electron chi connectivity index (χ2n) is 6.71. The summed E-state index contributed by atoms with van der Waals surface area (Å²) < 4.78 is 6.98. The zero-order chi connectivity index (χ0) is 21.5. The molecular weight excluding hydrogens is 406 g/mol. The summed E-state index contributed by atoms with van der Waals surface area (Å²) in [5.41, 5.74) is 2.25. The fourth-order valence-corrected chi connectivity index (χ4v) is 3.18. The maximum Gasteiger partial charge on any atom is 0.314 e. The highest BCUT2D eigenvalue weighted by Crippen LogP contribution is 2.27. The number of nitrogens with zero attached hydrogens (tertiary/aromatic N) is 4. The molecule has 0 saturated heterocycles. The molecule has 2 amide bonds. The summed E-state index contributed by atoms with van der Waals surface area (Å²) >= 11 is 6.16. The molecular formula is C20H26ClN7O2. The first-order valence-electron chi connectivity index (χ1n) is 9.80. The highest BCUT2D eigenvalue weighted by molar-refractivity contribution is 6.30. The van der Waals surface area contributed by atoms with Gasteiger partial charge in [-0.05, 0) is 31.5 Å². The molecule has 0 fully saturated rings. The van der Waals surface area contributed by atoms with E-state index in [1.807, 2.05) is 38.1 Å². The van der Waals surface area contributed by atoms with Crippen LogP contribution in [0.15, 0.2) is 24.3 Å². The lowest BCUT2D eigenvalue weighted by atomic mass is 10.3. The van der Waals surface area contributed by atoms with Gasteiger partial charge < -0.3 is 20.7 Å². The number of benzene rings is 1. The third-order valence-electron chi connectivity index (χ3n) is 4.31. The fraction of sp³-hybridized carbons (Fsp3) is 0.400. The summed E-state index contributed by atoms with van der Waals surface area (Å²) in [5, 5.41) is 15.0. The highest BCUT2D eigenvalue weighted by atomic mass is 35.5. The third-order valence-corrected chi connectivity index (χ3v) is 4.55. The topological polar surface area (TPSA) is 106 Å². The normalized spacial score (nSPS) is 10.9. The molecule has 1 aromatic carbocycles. The van der Waals surface area contributed by atoms with E-state index in [1.54, 1.807) is 11.8 Å². The van der Waals surface area contributed by atoms with Crippen LogP contribution in [-0.2, 0) is 11.3 Å². The maximum atomic E-state index is 11.7. The molecule has 160 valence electrons. The van der Waals surface area contributed by atoms with Gasteiger partial charge in [0, 0.05) is 31.8 Å². The lowest BCUT2D eigenvalue weighted by molar-refractivity contribution is 0.178. The predicted octanol–water partition coefficient (Wildman–Crippen LogP) is 3.04. The van der Waals surface area contributed by atoms with Gasteiger partial charge >= 0.3 is 6.03 Å². The number of halogens is 1. The van der Waals surface area contributed by atoms with Crippen LogP contribution in [0.3, 0.4) is 0 Å². The van der Waals surface area contributed by atoms with Crippen molar-refractivity contribution < 1.29 is 9.53 Å². The zero-order valence-corrected chi connectivity index (χ0v) is 18.1. The Kier molecular flexibility index (Phi) is 7.42. The molecule has 0 saturated carbocycles. The van der Waals surface area contributed by atoms with Crippen molar-refractivity contribution in [2.24, 2.45) is 0 Å². The molecule has 10 heteroatoms. The third kappa shape index (κ3) is 5.17. The fourth-order valence-electron chi connectivity index (χ4n) is 3.00. The van der Waals surface area contributed by atoms with Gasteiger partial charge in [0.05, 0.1) is 16.8 Å². The number of hydrogen-bond acceptors (Lipinski definition) is 6. The summed E-state index contributed by atoms with van der Waals surface area (Å²) in [4.78, 5) is 20.9. The first kappa shape index (κ1) is 21.8. The molecule has 0 aliphatic carbocycles. The summed E-state index contributed by atoms with van der Waals surface area (Å²) in [7, 11) is 1.60. The molecule has 9 nitrogen and oxygen atoms in total. The average Bonchev–Trinajstić information content (AvgIpc) is 3.06. The molecule has 30 heavy (non-hydrogen) atoms. The lowest BCUT2D eigenvalue weighted by Crippen LogP contribution is -2.38. The van der Waals surface area contributed by atoms with Crippen LogP contribution >= 0.6 is 11.6 Å². The Balaban J connectivity index is 1.87. The van der Waals surface area contributed by atoms with Gasteiger partial charge in [0.25, 0.3) is 0 Å². The van der Waals surface area contributed by atoms with Crippen LogP contribution in [0.5, 0.6) is 0 Å². The Labute approximate surface area is 180 Å². The van der Waals surface area contributed by atoms with E-state index in [-0.39, 0.29) is 12.6 Å². The van der Waals surface area contributed by atoms with E-state index in [0.29, 0.717) is 41.9 Å². The lowest BCUT2D eigenvalue weighted by Gasteiger charge is -2.11. The van der Waals surface area contributed by atoms with Gasteiger partial charge in [-0.3, -0.25) is 0 Å². The van der Waals surface area contributed by atoms with Crippen LogP contribution in [0, 0.1) is 6.92 Å². The molecule has 0 unspecified atom stereocenters. The number of aromatic nitrogens is 4. The molecule has 3 aromatic rings. The van der Waals surface area contributed by atoms with E-state index in [2.05, 4.69) is 31.0 Å². The van der Waals surface area contributed by atoms with Crippen molar-refractivity contribution in [1.82, 2.24) is 30.4 Å². The minimum Gasteiger partial charge on any atom is -0.377 e. The molecule has 3 N–H and O–H groups in total. The molecule has 0 atom stereocenters. The van der Waals surface area contributed by atoms with Gasteiger partial charge in [-0.1, -0.05) is 24.6 Å². The van der Waals surface area contributed by atoms with Crippen molar-refractivity contribution in [3.8, 4) is 5.69 Å². The van der Waals surface area contributed by atoms with Crippen molar-refractivity contribution >= 4 is 34.5 Å². The number of anilines is 1. The minimum atomic E-state index is -0.184. The van der Waals surface area contributed by atoms with E-state index in [9.17, 15) is 4.79 Å². The zero-order valence-electron chi connectivity index (χ0n) is 17.3. The second kappa shape index (κ2) is 10.2. The first-order chi connectivity index (χ1) is 14.5. The highest BCUT2D eigenvalue weighted by Gasteiger charge is 2.17. The molecule has 0 spiro atoms. The van der Waals surface area contributed by atoms with Crippen molar-refractivity contribution in [3.05, 3.63) is 40.8 Å². The number of hydrogen-bond donors (Lipinski definition) is 3. The van der Waals surface area contributed by atoms with Crippen molar-refractivity contribution in [3.63, 3.8) is 0 Å². The van der Waals surface area contributed by atoms with E-state index >= 15 is 0 Å². The molecule has 2 heterocycles. The van der Waals surface area contributed by atoms with Gasteiger partial charge in [-0.2, -0.15) is 5.10 Å². The number of amides is 2. The molecule has 2 aromatic heterocycles. The van der Waals surface area contributed by atoms with Crippen LogP contribution in [0.2, 0.25) is 5.02 Å². The summed E-state index contributed by atoms with van der Waals surface area (Å²) in [6.45, 7) is 5.77. The quantitative estimate of drug-likeness (QED) is 0.449. The Morgan fingerprint density at radius 2 is 2.00 bits per heavy atom. The summed E-state index contributed by atoms with van der Waals surface area (Å²) in [6, 6.07) is 7.24. The number of carbonyl (C=O) groups is 1. The van der Waals surface area contributed by atoms with E-state index in [1.165, 1.54) is 0 Å². The number of fused-ring (bicyclic) bond motifs is 1. The predicted molar refractivity (Wildman–Crippen MR) is 117 cm³/mol. The molecule has 0 radical (unpaired) electrons. The Morgan fingerprint density at radius 3 is 2.73 bits per heavy atom. The largest absolute Gasteiger partial charge is 0.377 e. The van der Waals surface area contributed by atoms with Gasteiger partial charge in [0.15, 0.2) is 11.5 Å². The number of methoxy groups -OCH3 is 1. The summed E-state index contributed by atoms with van der Waals surface area (Å²) in [5.74, 6) is 1.18. The van der Waals surface area contributed by atoms with Crippen LogP contribution in [0.25, 0.3) is 16.7 Å². The molecule has 0 aliphatic rings. The van der Waals surface area contributed by atoms with E-state index in [4.69, 9.17) is 16.3 Å². The van der Waals surface area contributed by atoms with Crippen molar-refractivity contribution in [2.45, 2.75) is 26.9 Å². The SMILES string of the molecule is CCCNC(=O)NCCNc1nc(COC)nc2c1c(C)nn2-c1cccc(Cl)c1. The van der Waals surface area contributed by atoms with E-state index < -0.39 is 0 Å². The number of nitrogens with one attached hydrogen (secondary N) is 3. The smallest absolute Gasteiger partial charge is 0.314 e. The Hall–Kier alpha value is -2.91.